The van der Waals surface area contributed by atoms with Crippen LogP contribution >= 0.6 is 25.5 Å². The molecule has 0 spiro atoms. The van der Waals surface area contributed by atoms with E-state index in [0.29, 0.717) is 0 Å². The van der Waals surface area contributed by atoms with E-state index in [2.05, 4.69) is 39.4 Å². The average molecular weight is 710 g/mol. The van der Waals surface area contributed by atoms with Crippen molar-refractivity contribution in [2.24, 2.45) is 0 Å². The van der Waals surface area contributed by atoms with E-state index in [1.54, 1.807) is 0 Å². The molecule has 0 atom stereocenters. The molecule has 0 unspecified atom stereocenters. The molecule has 0 bridgehead atoms. The summed E-state index contributed by atoms with van der Waals surface area (Å²) in [5, 5.41) is 0. The normalized spacial score (nSPS) is 12.5. The van der Waals surface area contributed by atoms with Crippen molar-refractivity contribution in [3.63, 3.8) is 0 Å². The third kappa shape index (κ3) is 29.9. The monoisotopic (exact) mass is 710 g/mol. The average Bonchev–Trinajstić information content (AvgIpc) is 2.80. The zero-order valence-electron chi connectivity index (χ0n) is 23.0. The molecule has 0 aliphatic rings. The number of hydrogen-bond donors (Lipinski definition) is 0. The van der Waals surface area contributed by atoms with Gasteiger partial charge in [0.25, 0.3) is 0 Å². The second-order valence-corrected chi connectivity index (χ2v) is 39.4. The smallest absolute Gasteiger partial charge is 0.0654 e. The Kier molecular flexibility index (Phi) is 29.8. The molecule has 33 heavy (non-hydrogen) atoms. The van der Waals surface area contributed by atoms with Gasteiger partial charge in [0.2, 0.25) is 0 Å². The maximum atomic E-state index is 4.16. The van der Waals surface area contributed by atoms with Gasteiger partial charge in [0.1, 0.15) is 0 Å². The summed E-state index contributed by atoms with van der Waals surface area (Å²) >= 11 is 6.49. The fourth-order valence-corrected chi connectivity index (χ4v) is 15.1. The van der Waals surface area contributed by atoms with E-state index in [0.717, 1.165) is 0 Å². The van der Waals surface area contributed by atoms with Gasteiger partial charge in [-0.15, -0.1) is 0 Å². The summed E-state index contributed by atoms with van der Waals surface area (Å²) < 4.78 is 2.94. The zero-order valence-corrected chi connectivity index (χ0v) is 28.5. The van der Waals surface area contributed by atoms with E-state index in [-0.39, 0.29) is 0 Å². The van der Waals surface area contributed by atoms with Crippen molar-refractivity contribution in [1.29, 1.82) is 0 Å². The van der Waals surface area contributed by atoms with E-state index in [1.165, 1.54) is 176 Å². The quantitative estimate of drug-likeness (QED) is 0.0560. The van der Waals surface area contributed by atoms with E-state index < -0.39 is 13.8 Å². The summed E-state index contributed by atoms with van der Waals surface area (Å²) in [6, 6.07) is 0. The summed E-state index contributed by atoms with van der Waals surface area (Å²) in [4.78, 5) is 0. The summed E-state index contributed by atoms with van der Waals surface area (Å²) in [5.41, 5.74) is 0. The Balaban J connectivity index is 3.28. The first-order chi connectivity index (χ1) is 16.1. The molecule has 0 aromatic carbocycles. The van der Waals surface area contributed by atoms with Gasteiger partial charge < -0.3 is 0 Å². The van der Waals surface area contributed by atoms with Crippen LogP contribution in [0.4, 0.5) is 0 Å². The molecule has 0 N–H and O–H groups in total. The van der Waals surface area contributed by atoms with Gasteiger partial charge >= 0.3 is 189 Å². The molecule has 0 heterocycles. The van der Waals surface area contributed by atoms with Gasteiger partial charge in [0.05, 0.1) is 0 Å². The van der Waals surface area contributed by atoms with E-state index in [4.69, 9.17) is 0 Å². The van der Waals surface area contributed by atoms with Crippen molar-refractivity contribution in [1.82, 2.24) is 0 Å². The molecule has 0 fully saturated rings. The molecule has 0 saturated heterocycles. The number of hydrogen-bond acceptors (Lipinski definition) is 0. The van der Waals surface area contributed by atoms with Gasteiger partial charge in [-0.2, -0.15) is 0 Å². The molecule has 0 amide bonds. The van der Waals surface area contributed by atoms with Crippen molar-refractivity contribution in [2.75, 3.05) is 0 Å². The predicted octanol–water partition coefficient (Wildman–Crippen LogP) is 13.4. The Labute approximate surface area is 227 Å². The first-order valence-corrected chi connectivity index (χ1v) is 29.0. The topological polar surface area (TPSA) is 0 Å². The van der Waals surface area contributed by atoms with Gasteiger partial charge in [-0.3, -0.25) is 0 Å². The van der Waals surface area contributed by atoms with Crippen LogP contribution in [-0.2, 0) is 0 Å². The first kappa shape index (κ1) is 34.7. The van der Waals surface area contributed by atoms with Crippen LogP contribution in [-0.4, -0.2) is 13.8 Å². The summed E-state index contributed by atoms with van der Waals surface area (Å²) in [6.45, 7) is 4.61. The van der Waals surface area contributed by atoms with Crippen LogP contribution in [0.25, 0.3) is 0 Å². The molecule has 0 aromatic rings. The number of unbranched alkanes of at least 4 members (excludes halogenated alkanes) is 24. The fraction of sp³-hybridized carbons (Fsp3) is 1.00. The maximum absolute atomic E-state index is 4.16. The number of rotatable bonds is 28. The third-order valence-electron chi connectivity index (χ3n) is 7.09. The van der Waals surface area contributed by atoms with Gasteiger partial charge in [-0.05, 0) is 0 Å². The standard InChI is InChI=1S/C30H62Br2Te/c1-3-5-7-9-11-13-15-17-19-21-23-25-27-29-33(31,32)30-28-26-24-22-20-18-16-14-12-10-8-6-4-2/h3-30H2,1-2H3. The molecule has 0 nitrogen and oxygen atoms in total. The molecule has 0 rings (SSSR count). The second-order valence-electron chi connectivity index (χ2n) is 10.6. The van der Waals surface area contributed by atoms with E-state index in [9.17, 15) is 0 Å². The number of halogens is 2. The van der Waals surface area contributed by atoms with Crippen LogP contribution in [0, 0.1) is 0 Å². The van der Waals surface area contributed by atoms with Crippen molar-refractivity contribution < 1.29 is 0 Å². The molecule has 0 aromatic heterocycles. The second kappa shape index (κ2) is 28.3. The van der Waals surface area contributed by atoms with Gasteiger partial charge in [0.15, 0.2) is 0 Å². The SMILES string of the molecule is CCCCCCCCCCCCCCC[Te](Br)(Br)CCCCCCCCCCCCCCC. The Morgan fingerprint density at radius 3 is 0.697 bits per heavy atom. The molecular weight excluding hydrogens is 648 g/mol. The van der Waals surface area contributed by atoms with Crippen LogP contribution in [0.1, 0.15) is 181 Å². The van der Waals surface area contributed by atoms with E-state index >= 15 is 0 Å². The van der Waals surface area contributed by atoms with Crippen LogP contribution in [0.3, 0.4) is 0 Å². The van der Waals surface area contributed by atoms with Crippen molar-refractivity contribution >= 4 is 39.3 Å². The molecule has 0 radical (unpaired) electrons. The summed E-state index contributed by atoms with van der Waals surface area (Å²) in [6.07, 6.45) is 38.0. The fourth-order valence-electron chi connectivity index (χ4n) is 4.76. The minimum Gasteiger partial charge on any atom is -0.0654 e. The van der Waals surface area contributed by atoms with Crippen molar-refractivity contribution in [3.05, 3.63) is 0 Å². The van der Waals surface area contributed by atoms with Crippen LogP contribution in [0.15, 0.2) is 0 Å². The van der Waals surface area contributed by atoms with Crippen LogP contribution in [0.5, 0.6) is 0 Å². The Morgan fingerprint density at radius 1 is 0.303 bits per heavy atom. The molecule has 0 aliphatic carbocycles. The minimum atomic E-state index is -1.82. The third-order valence-corrected chi connectivity index (χ3v) is 20.8. The Bertz CT molecular complexity index is 327. The van der Waals surface area contributed by atoms with Gasteiger partial charge in [0, 0.05) is 0 Å². The van der Waals surface area contributed by atoms with E-state index in [1.807, 2.05) is 0 Å². The summed E-state index contributed by atoms with van der Waals surface area (Å²) in [7, 11) is 0. The minimum absolute atomic E-state index is 1.37. The van der Waals surface area contributed by atoms with Crippen LogP contribution < -0.4 is 0 Å². The summed E-state index contributed by atoms with van der Waals surface area (Å²) in [5.74, 6) is 0. The molecule has 202 valence electrons. The Morgan fingerprint density at radius 2 is 0.485 bits per heavy atom. The molecule has 0 aliphatic heterocycles. The van der Waals surface area contributed by atoms with Crippen molar-refractivity contribution in [3.8, 4) is 0 Å². The van der Waals surface area contributed by atoms with Crippen LogP contribution in [0.2, 0.25) is 8.94 Å². The first-order valence-electron chi connectivity index (χ1n) is 15.3. The molecular formula is C30H62Br2Te. The molecule has 0 saturated carbocycles. The van der Waals surface area contributed by atoms with Crippen molar-refractivity contribution in [2.45, 2.75) is 190 Å². The molecule has 3 heteroatoms. The van der Waals surface area contributed by atoms with Gasteiger partial charge in [-0.1, -0.05) is 39.5 Å². The zero-order chi connectivity index (χ0) is 24.3. The van der Waals surface area contributed by atoms with Gasteiger partial charge in [-0.25, -0.2) is 0 Å². The Hall–Kier alpha value is 1.75. The predicted molar refractivity (Wildman–Crippen MR) is 165 cm³/mol.